The molecular weight excluding hydrogens is 368 g/mol. The van der Waals surface area contributed by atoms with Crippen LogP contribution in [0.5, 0.6) is 0 Å². The van der Waals surface area contributed by atoms with Gasteiger partial charge in [-0.2, -0.15) is 8.62 Å². The fourth-order valence-corrected chi connectivity index (χ4v) is 3.49. The van der Waals surface area contributed by atoms with Crippen molar-refractivity contribution in [3.8, 4) is 0 Å². The lowest BCUT2D eigenvalue weighted by molar-refractivity contribution is 0.204. The first-order valence-electron chi connectivity index (χ1n) is 4.05. The molecular formula is C3H14O13P4. The molecule has 124 valence electrons. The Morgan fingerprint density at radius 3 is 1.05 bits per heavy atom. The van der Waals surface area contributed by atoms with Gasteiger partial charge >= 0.3 is 32.1 Å². The Bertz CT molecular complexity index is 357. The van der Waals surface area contributed by atoms with Crippen LogP contribution in [0.1, 0.15) is 0 Å². The molecule has 0 aliphatic heterocycles. The third-order valence-corrected chi connectivity index (χ3v) is 5.11. The van der Waals surface area contributed by atoms with Crippen LogP contribution in [-0.2, 0) is 35.9 Å². The molecule has 0 amide bonds. The van der Waals surface area contributed by atoms with E-state index in [4.69, 9.17) is 24.5 Å². The minimum absolute atomic E-state index is 1.05. The Morgan fingerprint density at radius 1 is 0.700 bits per heavy atom. The summed E-state index contributed by atoms with van der Waals surface area (Å²) in [5, 5.41) is 0. The first kappa shape index (κ1) is 23.0. The molecule has 0 atom stereocenters. The first-order valence-corrected chi connectivity index (χ1v) is 9.70. The molecule has 0 fully saturated rings. The van der Waals surface area contributed by atoms with Crippen molar-refractivity contribution in [1.82, 2.24) is 0 Å². The maximum Gasteiger partial charge on any atom is 0.490 e. The van der Waals surface area contributed by atoms with Crippen LogP contribution in [0.3, 0.4) is 0 Å². The van der Waals surface area contributed by atoms with Gasteiger partial charge in [0.1, 0.15) is 0 Å². The molecule has 0 unspecified atom stereocenters. The molecule has 0 aromatic carbocycles. The van der Waals surface area contributed by atoms with Crippen LogP contribution < -0.4 is 0 Å². The van der Waals surface area contributed by atoms with Crippen LogP contribution >= 0.6 is 32.1 Å². The standard InChI is InChI=1S/C3H9O3P.H5O10P3/c1-4-7(5-2)6-3;1-11(2,3)9-13(7,8)10-12(4,5)6/h1-3H3;(H,7,8)(H2,1,2,3)(H2,4,5,6). The van der Waals surface area contributed by atoms with E-state index in [2.05, 4.69) is 22.2 Å². The number of hydrogen-bond donors (Lipinski definition) is 5. The fourth-order valence-electron chi connectivity index (χ4n) is 0.507. The lowest BCUT2D eigenvalue weighted by atomic mass is 11.8. The Kier molecular flexibility index (Phi) is 11.1. The monoisotopic (exact) mass is 382 g/mol. The van der Waals surface area contributed by atoms with Crippen LogP contribution in [0.4, 0.5) is 0 Å². The number of phosphoric acid groups is 3. The van der Waals surface area contributed by atoms with Gasteiger partial charge in [-0.25, -0.2) is 13.7 Å². The summed E-state index contributed by atoms with van der Waals surface area (Å²) in [6, 6.07) is 0. The highest BCUT2D eigenvalue weighted by Crippen LogP contribution is 2.64. The maximum atomic E-state index is 10.4. The summed E-state index contributed by atoms with van der Waals surface area (Å²) >= 11 is 0. The van der Waals surface area contributed by atoms with Gasteiger partial charge in [-0.1, -0.05) is 0 Å². The van der Waals surface area contributed by atoms with E-state index in [0.29, 0.717) is 0 Å². The van der Waals surface area contributed by atoms with Crippen LogP contribution in [0, 0.1) is 0 Å². The third kappa shape index (κ3) is 16.8. The molecule has 17 heteroatoms. The Hall–Kier alpha value is 0.720. The quantitative estimate of drug-likeness (QED) is 0.381. The normalized spacial score (nSPS) is 13.1. The molecule has 5 N–H and O–H groups in total. The van der Waals surface area contributed by atoms with Crippen molar-refractivity contribution in [1.29, 1.82) is 0 Å². The van der Waals surface area contributed by atoms with Crippen molar-refractivity contribution in [3.63, 3.8) is 0 Å². The highest BCUT2D eigenvalue weighted by Gasteiger charge is 2.38. The average Bonchev–Trinajstić information content (AvgIpc) is 2.13. The summed E-state index contributed by atoms with van der Waals surface area (Å²) < 4.78 is 50.4. The maximum absolute atomic E-state index is 10.4. The summed E-state index contributed by atoms with van der Waals surface area (Å²) in [4.78, 5) is 40.2. The second-order valence-electron chi connectivity index (χ2n) is 2.38. The molecule has 0 saturated carbocycles. The van der Waals surface area contributed by atoms with Crippen LogP contribution in [0.2, 0.25) is 0 Å². The van der Waals surface area contributed by atoms with Gasteiger partial charge in [0.05, 0.1) is 0 Å². The lowest BCUT2D eigenvalue weighted by Crippen LogP contribution is -1.91. The predicted molar refractivity (Wildman–Crippen MR) is 64.0 cm³/mol. The van der Waals surface area contributed by atoms with Crippen LogP contribution in [0.25, 0.3) is 0 Å². The molecule has 0 heterocycles. The minimum atomic E-state index is -5.46. The van der Waals surface area contributed by atoms with E-state index in [1.165, 1.54) is 0 Å². The Morgan fingerprint density at radius 2 is 0.950 bits per heavy atom. The largest absolute Gasteiger partial charge is 0.490 e. The highest BCUT2D eigenvalue weighted by atomic mass is 31.3. The first-order chi connectivity index (χ1) is 8.76. The zero-order valence-electron chi connectivity index (χ0n) is 10.3. The van der Waals surface area contributed by atoms with Crippen LogP contribution in [0.15, 0.2) is 0 Å². The topological polar surface area (TPSA) is 199 Å². The molecule has 0 radical (unpaired) electrons. The van der Waals surface area contributed by atoms with Gasteiger partial charge in [0.25, 0.3) is 0 Å². The molecule has 20 heavy (non-hydrogen) atoms. The van der Waals surface area contributed by atoms with E-state index in [1.807, 2.05) is 0 Å². The van der Waals surface area contributed by atoms with Gasteiger partial charge in [-0.3, -0.25) is 0 Å². The zero-order chi connectivity index (χ0) is 16.6. The summed E-state index contributed by atoms with van der Waals surface area (Å²) in [6.45, 7) is 0. The molecule has 0 aromatic heterocycles. The van der Waals surface area contributed by atoms with Crippen molar-refractivity contribution < 1.29 is 60.4 Å². The summed E-state index contributed by atoms with van der Waals surface area (Å²) in [7, 11) is -12.6. The van der Waals surface area contributed by atoms with Crippen molar-refractivity contribution >= 4 is 32.1 Å². The smallest absolute Gasteiger partial charge is 0.316 e. The fraction of sp³-hybridized carbons (Fsp3) is 1.00. The molecule has 0 aliphatic rings. The molecule has 0 aliphatic carbocycles. The molecule has 13 nitrogen and oxygen atoms in total. The van der Waals surface area contributed by atoms with E-state index >= 15 is 0 Å². The van der Waals surface area contributed by atoms with Gasteiger partial charge < -0.3 is 38.0 Å². The third-order valence-electron chi connectivity index (χ3n) is 0.866. The van der Waals surface area contributed by atoms with E-state index in [9.17, 15) is 13.7 Å². The summed E-state index contributed by atoms with van der Waals surface area (Å²) in [6.07, 6.45) is 0. The summed E-state index contributed by atoms with van der Waals surface area (Å²) in [5.41, 5.74) is 0. The van der Waals surface area contributed by atoms with Crippen molar-refractivity contribution in [3.05, 3.63) is 0 Å². The molecule has 0 rings (SSSR count). The second kappa shape index (κ2) is 9.68. The van der Waals surface area contributed by atoms with Gasteiger partial charge in [-0.15, -0.1) is 0 Å². The van der Waals surface area contributed by atoms with E-state index < -0.39 is 32.1 Å². The Balaban J connectivity index is 0. The van der Waals surface area contributed by atoms with E-state index in [1.54, 1.807) is 21.3 Å². The average molecular weight is 382 g/mol. The molecule has 0 saturated heterocycles. The SMILES string of the molecule is COP(OC)OC.O=P(O)(O)OP(=O)(O)OP(=O)(O)O. The number of rotatable bonds is 7. The van der Waals surface area contributed by atoms with Gasteiger partial charge in [0, 0.05) is 21.3 Å². The van der Waals surface area contributed by atoms with Gasteiger partial charge in [-0.05, 0) is 0 Å². The summed E-state index contributed by atoms with van der Waals surface area (Å²) in [5.74, 6) is 0. The molecule has 0 aromatic rings. The molecule has 0 bridgehead atoms. The molecule has 0 spiro atoms. The number of hydrogen-bond acceptors (Lipinski definition) is 8. The Labute approximate surface area is 114 Å². The van der Waals surface area contributed by atoms with Gasteiger partial charge in [0.2, 0.25) is 0 Å². The van der Waals surface area contributed by atoms with Crippen LogP contribution in [-0.4, -0.2) is 45.8 Å². The van der Waals surface area contributed by atoms with Crippen molar-refractivity contribution in [2.24, 2.45) is 0 Å². The second-order valence-corrected chi connectivity index (χ2v) is 8.13. The highest BCUT2D eigenvalue weighted by molar-refractivity contribution is 7.66. The van der Waals surface area contributed by atoms with Gasteiger partial charge in [0.15, 0.2) is 0 Å². The lowest BCUT2D eigenvalue weighted by Gasteiger charge is -2.11. The van der Waals surface area contributed by atoms with Crippen molar-refractivity contribution in [2.45, 2.75) is 0 Å². The predicted octanol–water partition coefficient (Wildman–Crippen LogP) is 0.458. The van der Waals surface area contributed by atoms with E-state index in [-0.39, 0.29) is 0 Å². The minimum Gasteiger partial charge on any atom is -0.316 e. The van der Waals surface area contributed by atoms with Crippen molar-refractivity contribution in [2.75, 3.05) is 21.3 Å². The van der Waals surface area contributed by atoms with E-state index in [0.717, 1.165) is 0 Å². The zero-order valence-corrected chi connectivity index (χ0v) is 13.9.